The van der Waals surface area contributed by atoms with Crippen LogP contribution in [0.3, 0.4) is 0 Å². The van der Waals surface area contributed by atoms with Crippen molar-refractivity contribution in [2.45, 2.75) is 0 Å². The van der Waals surface area contributed by atoms with Crippen LogP contribution in [0.5, 0.6) is 0 Å². The predicted molar refractivity (Wildman–Crippen MR) is 103 cm³/mol. The van der Waals surface area contributed by atoms with E-state index in [9.17, 15) is 4.79 Å². The van der Waals surface area contributed by atoms with Crippen molar-refractivity contribution in [1.82, 2.24) is 9.97 Å². The van der Waals surface area contributed by atoms with Gasteiger partial charge in [0.05, 0.1) is 29.1 Å². The number of carbonyl (C=O) groups excluding carboxylic acids is 1. The third kappa shape index (κ3) is 4.22. The van der Waals surface area contributed by atoms with Gasteiger partial charge < -0.3 is 15.4 Å². The number of nitrogens with one attached hydrogen (secondary N) is 2. The number of hydrogen-bond donors (Lipinski definition) is 2. The number of carbonyl (C=O) groups is 1. The highest BCUT2D eigenvalue weighted by molar-refractivity contribution is 6.36. The highest BCUT2D eigenvalue weighted by Crippen LogP contribution is 2.28. The molecule has 0 bridgehead atoms. The second kappa shape index (κ2) is 8.03. The summed E-state index contributed by atoms with van der Waals surface area (Å²) in [4.78, 5) is 20.2. The van der Waals surface area contributed by atoms with E-state index < -0.39 is 5.97 Å². The van der Waals surface area contributed by atoms with Gasteiger partial charge in [-0.1, -0.05) is 35.3 Å². The summed E-state index contributed by atoms with van der Waals surface area (Å²) >= 11 is 12.1. The number of hydrogen-bond acceptors (Lipinski definition) is 6. The monoisotopic (exact) mass is 388 g/mol. The van der Waals surface area contributed by atoms with Crippen LogP contribution in [0.25, 0.3) is 0 Å². The molecule has 0 saturated carbocycles. The molecule has 0 aliphatic rings. The standard InChI is InChI=1S/C18H14Cl2N4O2/c1-26-18(25)12-4-2-3-5-14(12)23-16-9-17(22-10-21-16)24-15-7-6-11(19)8-13(15)20/h2-10H,1H3,(H2,21,22,23,24). The van der Waals surface area contributed by atoms with Gasteiger partial charge in [-0.3, -0.25) is 0 Å². The van der Waals surface area contributed by atoms with Crippen LogP contribution in [0, 0.1) is 0 Å². The summed E-state index contributed by atoms with van der Waals surface area (Å²) in [5, 5.41) is 7.21. The molecule has 6 nitrogen and oxygen atoms in total. The normalized spacial score (nSPS) is 10.3. The molecule has 1 aromatic heterocycles. The van der Waals surface area contributed by atoms with E-state index in [0.717, 1.165) is 0 Å². The van der Waals surface area contributed by atoms with E-state index in [1.165, 1.54) is 13.4 Å². The van der Waals surface area contributed by atoms with Crippen molar-refractivity contribution < 1.29 is 9.53 Å². The van der Waals surface area contributed by atoms with Gasteiger partial charge in [-0.15, -0.1) is 0 Å². The third-order valence-electron chi connectivity index (χ3n) is 3.46. The van der Waals surface area contributed by atoms with Gasteiger partial charge in [0.1, 0.15) is 18.0 Å². The minimum atomic E-state index is -0.437. The van der Waals surface area contributed by atoms with Crippen LogP contribution in [0.15, 0.2) is 54.9 Å². The largest absolute Gasteiger partial charge is 0.465 e. The maximum atomic E-state index is 11.9. The molecule has 2 aromatic carbocycles. The number of anilines is 4. The second-order valence-electron chi connectivity index (χ2n) is 5.20. The number of nitrogens with zero attached hydrogens (tertiary/aromatic N) is 2. The molecule has 3 aromatic rings. The zero-order valence-electron chi connectivity index (χ0n) is 13.7. The average Bonchev–Trinajstić information content (AvgIpc) is 2.64. The van der Waals surface area contributed by atoms with Gasteiger partial charge in [-0.2, -0.15) is 0 Å². The Morgan fingerprint density at radius 1 is 0.962 bits per heavy atom. The Bertz CT molecular complexity index is 950. The molecular formula is C18H14Cl2N4O2. The fourth-order valence-corrected chi connectivity index (χ4v) is 2.70. The maximum absolute atomic E-state index is 11.9. The lowest BCUT2D eigenvalue weighted by Gasteiger charge is -2.12. The molecule has 0 saturated heterocycles. The molecule has 0 aliphatic heterocycles. The topological polar surface area (TPSA) is 76.1 Å². The van der Waals surface area contributed by atoms with Gasteiger partial charge in [0, 0.05) is 11.1 Å². The van der Waals surface area contributed by atoms with Crippen LogP contribution in [0.4, 0.5) is 23.0 Å². The zero-order chi connectivity index (χ0) is 18.5. The summed E-state index contributed by atoms with van der Waals surface area (Å²) in [7, 11) is 1.34. The van der Waals surface area contributed by atoms with Crippen molar-refractivity contribution in [1.29, 1.82) is 0 Å². The summed E-state index contributed by atoms with van der Waals surface area (Å²) in [6, 6.07) is 13.8. The Balaban J connectivity index is 1.83. The number of para-hydroxylation sites is 1. The maximum Gasteiger partial charge on any atom is 0.339 e. The van der Waals surface area contributed by atoms with Crippen LogP contribution in [0.2, 0.25) is 10.0 Å². The molecule has 0 atom stereocenters. The average molecular weight is 389 g/mol. The van der Waals surface area contributed by atoms with Crippen LogP contribution in [-0.2, 0) is 4.74 Å². The Labute approximate surface area is 160 Å². The van der Waals surface area contributed by atoms with Crippen molar-refractivity contribution in [3.05, 3.63) is 70.5 Å². The Morgan fingerprint density at radius 3 is 2.35 bits per heavy atom. The zero-order valence-corrected chi connectivity index (χ0v) is 15.2. The summed E-state index contributed by atoms with van der Waals surface area (Å²) in [6.07, 6.45) is 1.40. The van der Waals surface area contributed by atoms with Crippen LogP contribution in [0.1, 0.15) is 10.4 Å². The lowest BCUT2D eigenvalue weighted by Crippen LogP contribution is -2.06. The van der Waals surface area contributed by atoms with E-state index in [1.54, 1.807) is 42.5 Å². The molecule has 8 heteroatoms. The highest BCUT2D eigenvalue weighted by atomic mass is 35.5. The summed E-state index contributed by atoms with van der Waals surface area (Å²) in [6.45, 7) is 0. The number of halogens is 2. The number of ether oxygens (including phenoxy) is 1. The fraction of sp³-hybridized carbons (Fsp3) is 0.0556. The Hall–Kier alpha value is -2.83. The molecule has 3 rings (SSSR count). The third-order valence-corrected chi connectivity index (χ3v) is 4.00. The van der Waals surface area contributed by atoms with Gasteiger partial charge in [0.15, 0.2) is 0 Å². The molecule has 0 spiro atoms. The number of rotatable bonds is 5. The Morgan fingerprint density at radius 2 is 1.65 bits per heavy atom. The van der Waals surface area contributed by atoms with Crippen molar-refractivity contribution in [2.75, 3.05) is 17.7 Å². The minimum absolute atomic E-state index is 0.406. The second-order valence-corrected chi connectivity index (χ2v) is 6.04. The van der Waals surface area contributed by atoms with E-state index in [2.05, 4.69) is 20.6 Å². The van der Waals surface area contributed by atoms with Crippen molar-refractivity contribution in [3.63, 3.8) is 0 Å². The van der Waals surface area contributed by atoms with E-state index >= 15 is 0 Å². The van der Waals surface area contributed by atoms with E-state index in [1.807, 2.05) is 6.07 Å². The van der Waals surface area contributed by atoms with E-state index in [-0.39, 0.29) is 0 Å². The van der Waals surface area contributed by atoms with Crippen molar-refractivity contribution >= 4 is 52.2 Å². The molecule has 1 heterocycles. The molecule has 132 valence electrons. The molecule has 0 radical (unpaired) electrons. The quantitative estimate of drug-likeness (QED) is 0.595. The molecule has 26 heavy (non-hydrogen) atoms. The molecule has 0 fully saturated rings. The summed E-state index contributed by atoms with van der Waals surface area (Å²) in [5.74, 6) is 0.597. The number of benzene rings is 2. The fourth-order valence-electron chi connectivity index (χ4n) is 2.24. The van der Waals surface area contributed by atoms with Crippen molar-refractivity contribution in [2.24, 2.45) is 0 Å². The molecule has 0 aliphatic carbocycles. The van der Waals surface area contributed by atoms with Crippen molar-refractivity contribution in [3.8, 4) is 0 Å². The minimum Gasteiger partial charge on any atom is -0.465 e. The number of esters is 1. The lowest BCUT2D eigenvalue weighted by molar-refractivity contribution is 0.0602. The van der Waals surface area contributed by atoms with E-state index in [0.29, 0.717) is 38.6 Å². The first-order chi connectivity index (χ1) is 12.6. The SMILES string of the molecule is COC(=O)c1ccccc1Nc1cc(Nc2ccc(Cl)cc2Cl)ncn1. The molecule has 0 amide bonds. The number of aromatic nitrogens is 2. The molecule has 0 unspecified atom stereocenters. The van der Waals surface area contributed by atoms with E-state index in [4.69, 9.17) is 27.9 Å². The predicted octanol–water partition coefficient (Wildman–Crippen LogP) is 5.06. The van der Waals surface area contributed by atoms with Crippen LogP contribution < -0.4 is 10.6 Å². The Kier molecular flexibility index (Phi) is 5.55. The van der Waals surface area contributed by atoms with Gasteiger partial charge in [0.2, 0.25) is 0 Å². The number of methoxy groups -OCH3 is 1. The van der Waals surface area contributed by atoms with Gasteiger partial charge in [-0.25, -0.2) is 14.8 Å². The first kappa shape index (κ1) is 18.0. The smallest absolute Gasteiger partial charge is 0.339 e. The van der Waals surface area contributed by atoms with Gasteiger partial charge >= 0.3 is 5.97 Å². The van der Waals surface area contributed by atoms with Crippen LogP contribution >= 0.6 is 23.2 Å². The summed E-state index contributed by atoms with van der Waals surface area (Å²) in [5.41, 5.74) is 1.65. The molecular weight excluding hydrogens is 375 g/mol. The first-order valence-corrected chi connectivity index (χ1v) is 8.31. The van der Waals surface area contributed by atoms with Gasteiger partial charge in [-0.05, 0) is 30.3 Å². The lowest BCUT2D eigenvalue weighted by atomic mass is 10.2. The van der Waals surface area contributed by atoms with Gasteiger partial charge in [0.25, 0.3) is 0 Å². The summed E-state index contributed by atoms with van der Waals surface area (Å²) < 4.78 is 4.79. The molecule has 2 N–H and O–H groups in total. The van der Waals surface area contributed by atoms with Crippen LogP contribution in [-0.4, -0.2) is 23.0 Å². The highest BCUT2D eigenvalue weighted by Gasteiger charge is 2.12. The first-order valence-electron chi connectivity index (χ1n) is 7.55.